The van der Waals surface area contributed by atoms with E-state index in [1.54, 1.807) is 18.3 Å². The molecule has 0 fully saturated rings. The van der Waals surface area contributed by atoms with Gasteiger partial charge in [-0.05, 0) is 47.5 Å². The van der Waals surface area contributed by atoms with E-state index in [4.69, 9.17) is 4.74 Å². The predicted molar refractivity (Wildman–Crippen MR) is 82.5 cm³/mol. The Kier molecular flexibility index (Phi) is 4.85. The van der Waals surface area contributed by atoms with Crippen molar-refractivity contribution in [1.29, 1.82) is 0 Å². The summed E-state index contributed by atoms with van der Waals surface area (Å²) < 4.78 is 5.72. The number of pyridine rings is 1. The molecule has 0 saturated heterocycles. The second-order valence-electron chi connectivity index (χ2n) is 4.71. The lowest BCUT2D eigenvalue weighted by atomic mass is 10.0. The van der Waals surface area contributed by atoms with Crippen LogP contribution in [0.3, 0.4) is 0 Å². The minimum Gasteiger partial charge on any atom is -0.454 e. The van der Waals surface area contributed by atoms with Gasteiger partial charge in [-0.25, -0.2) is 4.79 Å². The van der Waals surface area contributed by atoms with E-state index in [9.17, 15) is 9.59 Å². The van der Waals surface area contributed by atoms with E-state index < -0.39 is 5.97 Å². The van der Waals surface area contributed by atoms with E-state index in [1.165, 1.54) is 6.20 Å². The smallest absolute Gasteiger partial charge is 0.340 e. The highest BCUT2D eigenvalue weighted by atomic mass is 79.9. The summed E-state index contributed by atoms with van der Waals surface area (Å²) in [5.41, 5.74) is 2.74. The lowest BCUT2D eigenvalue weighted by molar-refractivity contribution is 0.0474. The Morgan fingerprint density at radius 3 is 2.67 bits per heavy atom. The van der Waals surface area contributed by atoms with Crippen molar-refractivity contribution in [3.8, 4) is 0 Å². The minimum atomic E-state index is -0.567. The molecule has 0 unspecified atom stereocenters. The van der Waals surface area contributed by atoms with Gasteiger partial charge in [0.2, 0.25) is 5.78 Å². The molecule has 0 aliphatic heterocycles. The van der Waals surface area contributed by atoms with Crippen LogP contribution in [-0.2, 0) is 4.74 Å². The van der Waals surface area contributed by atoms with Crippen molar-refractivity contribution >= 4 is 27.7 Å². The van der Waals surface area contributed by atoms with Gasteiger partial charge in [0.1, 0.15) is 0 Å². The zero-order valence-corrected chi connectivity index (χ0v) is 13.3. The highest BCUT2D eigenvalue weighted by Gasteiger charge is 2.14. The predicted octanol–water partition coefficient (Wildman–Crippen LogP) is 3.50. The molecule has 21 heavy (non-hydrogen) atoms. The second-order valence-corrected chi connectivity index (χ2v) is 5.63. The van der Waals surface area contributed by atoms with Gasteiger partial charge in [-0.2, -0.15) is 0 Å². The molecule has 0 N–H and O–H groups in total. The molecule has 0 spiro atoms. The van der Waals surface area contributed by atoms with Crippen molar-refractivity contribution in [2.75, 3.05) is 6.61 Å². The lowest BCUT2D eigenvalue weighted by Crippen LogP contribution is -2.15. The van der Waals surface area contributed by atoms with Crippen LogP contribution in [-0.4, -0.2) is 23.3 Å². The Morgan fingerprint density at radius 2 is 1.95 bits per heavy atom. The van der Waals surface area contributed by atoms with Gasteiger partial charge in [0.25, 0.3) is 0 Å². The lowest BCUT2D eigenvalue weighted by Gasteiger charge is -2.07. The first-order valence-corrected chi connectivity index (χ1v) is 7.15. The van der Waals surface area contributed by atoms with Gasteiger partial charge < -0.3 is 4.74 Å². The molecule has 0 bridgehead atoms. The number of carbonyl (C=O) groups is 2. The Bertz CT molecular complexity index is 698. The second kappa shape index (κ2) is 6.63. The van der Waals surface area contributed by atoms with Crippen LogP contribution in [0.5, 0.6) is 0 Å². The average Bonchev–Trinajstić information content (AvgIpc) is 2.47. The van der Waals surface area contributed by atoms with Gasteiger partial charge in [-0.3, -0.25) is 9.78 Å². The SMILES string of the molecule is Cc1ccc(C)c(C(=O)COC(=O)c2cncc(Br)c2)c1. The molecule has 0 aliphatic carbocycles. The van der Waals surface area contributed by atoms with Crippen molar-refractivity contribution in [3.05, 3.63) is 63.4 Å². The number of aromatic nitrogens is 1. The van der Waals surface area contributed by atoms with Crippen LogP contribution in [0.25, 0.3) is 0 Å². The van der Waals surface area contributed by atoms with Gasteiger partial charge in [0.15, 0.2) is 6.61 Å². The Morgan fingerprint density at radius 1 is 1.19 bits per heavy atom. The Labute approximate surface area is 131 Å². The molecule has 0 saturated carbocycles. The first-order valence-electron chi connectivity index (χ1n) is 6.35. The van der Waals surface area contributed by atoms with Gasteiger partial charge >= 0.3 is 5.97 Å². The zero-order valence-electron chi connectivity index (χ0n) is 11.7. The molecule has 4 nitrogen and oxygen atoms in total. The summed E-state index contributed by atoms with van der Waals surface area (Å²) in [6.07, 6.45) is 2.97. The van der Waals surface area contributed by atoms with E-state index in [-0.39, 0.29) is 12.4 Å². The molecular weight excluding hydrogens is 334 g/mol. The fourth-order valence-electron chi connectivity index (χ4n) is 1.85. The number of Topliss-reactive ketones (excluding diaryl/α,β-unsaturated/α-hetero) is 1. The van der Waals surface area contributed by atoms with Crippen LogP contribution in [0.15, 0.2) is 41.1 Å². The fourth-order valence-corrected chi connectivity index (χ4v) is 2.22. The number of hydrogen-bond acceptors (Lipinski definition) is 4. The number of rotatable bonds is 4. The summed E-state index contributed by atoms with van der Waals surface area (Å²) >= 11 is 3.23. The summed E-state index contributed by atoms with van der Waals surface area (Å²) in [6, 6.07) is 7.21. The number of benzene rings is 1. The monoisotopic (exact) mass is 347 g/mol. The van der Waals surface area contributed by atoms with Crippen molar-refractivity contribution in [1.82, 2.24) is 4.98 Å². The molecule has 0 atom stereocenters. The molecule has 108 valence electrons. The quantitative estimate of drug-likeness (QED) is 0.627. The van der Waals surface area contributed by atoms with E-state index in [0.717, 1.165) is 11.1 Å². The van der Waals surface area contributed by atoms with Crippen LogP contribution in [0.1, 0.15) is 31.8 Å². The molecule has 5 heteroatoms. The summed E-state index contributed by atoms with van der Waals surface area (Å²) in [6.45, 7) is 3.48. The fraction of sp³-hybridized carbons (Fsp3) is 0.188. The summed E-state index contributed by atoms with van der Waals surface area (Å²) in [4.78, 5) is 27.9. The molecule has 1 aromatic heterocycles. The van der Waals surface area contributed by atoms with Gasteiger partial charge in [-0.1, -0.05) is 17.7 Å². The van der Waals surface area contributed by atoms with Crippen LogP contribution in [0.4, 0.5) is 0 Å². The minimum absolute atomic E-state index is 0.215. The highest BCUT2D eigenvalue weighted by molar-refractivity contribution is 9.10. The Hall–Kier alpha value is -2.01. The maximum Gasteiger partial charge on any atom is 0.340 e. The molecule has 0 radical (unpaired) electrons. The molecule has 1 aromatic carbocycles. The molecular formula is C16H14BrNO3. The van der Waals surface area contributed by atoms with Crippen LogP contribution < -0.4 is 0 Å². The Balaban J connectivity index is 2.04. The third-order valence-electron chi connectivity index (χ3n) is 2.97. The van der Waals surface area contributed by atoms with E-state index in [2.05, 4.69) is 20.9 Å². The number of esters is 1. The van der Waals surface area contributed by atoms with E-state index in [0.29, 0.717) is 15.6 Å². The number of aryl methyl sites for hydroxylation is 2. The summed E-state index contributed by atoms with van der Waals surface area (Å²) in [5, 5.41) is 0. The first-order chi connectivity index (χ1) is 9.97. The standard InChI is InChI=1S/C16H14BrNO3/c1-10-3-4-11(2)14(5-10)15(19)9-21-16(20)12-6-13(17)8-18-7-12/h3-8H,9H2,1-2H3. The topological polar surface area (TPSA) is 56.3 Å². The third-order valence-corrected chi connectivity index (χ3v) is 3.40. The largest absolute Gasteiger partial charge is 0.454 e. The zero-order chi connectivity index (χ0) is 15.4. The van der Waals surface area contributed by atoms with Crippen molar-refractivity contribution in [3.63, 3.8) is 0 Å². The van der Waals surface area contributed by atoms with Crippen molar-refractivity contribution in [2.45, 2.75) is 13.8 Å². The van der Waals surface area contributed by atoms with Crippen LogP contribution in [0, 0.1) is 13.8 Å². The van der Waals surface area contributed by atoms with Crippen molar-refractivity contribution in [2.24, 2.45) is 0 Å². The number of hydrogen-bond donors (Lipinski definition) is 0. The third kappa shape index (κ3) is 3.98. The first kappa shape index (κ1) is 15.4. The molecule has 0 amide bonds. The summed E-state index contributed by atoms with van der Waals surface area (Å²) in [5.74, 6) is -0.782. The van der Waals surface area contributed by atoms with Gasteiger partial charge in [0, 0.05) is 22.4 Å². The van der Waals surface area contributed by atoms with Crippen LogP contribution >= 0.6 is 15.9 Å². The molecule has 1 heterocycles. The number of nitrogens with zero attached hydrogens (tertiary/aromatic N) is 1. The molecule has 0 aliphatic rings. The van der Waals surface area contributed by atoms with Gasteiger partial charge in [-0.15, -0.1) is 0 Å². The highest BCUT2D eigenvalue weighted by Crippen LogP contribution is 2.13. The normalized spacial score (nSPS) is 10.2. The number of ketones is 1. The van der Waals surface area contributed by atoms with Gasteiger partial charge in [0.05, 0.1) is 5.56 Å². The number of carbonyl (C=O) groups excluding carboxylic acids is 2. The number of ether oxygens (including phenoxy) is 1. The van der Waals surface area contributed by atoms with Crippen molar-refractivity contribution < 1.29 is 14.3 Å². The van der Waals surface area contributed by atoms with E-state index in [1.807, 2.05) is 26.0 Å². The average molecular weight is 348 g/mol. The molecule has 2 rings (SSSR count). The summed E-state index contributed by atoms with van der Waals surface area (Å²) in [7, 11) is 0. The molecule has 2 aromatic rings. The number of halogens is 1. The maximum atomic E-state index is 12.1. The van der Waals surface area contributed by atoms with Crippen LogP contribution in [0.2, 0.25) is 0 Å². The van der Waals surface area contributed by atoms with E-state index >= 15 is 0 Å². The maximum absolute atomic E-state index is 12.1.